The highest BCUT2D eigenvalue weighted by atomic mass is 15.2. The summed E-state index contributed by atoms with van der Waals surface area (Å²) in [5.74, 6) is 1.07. The molecule has 0 saturated carbocycles. The Hall–Kier alpha value is -1.09. The highest BCUT2D eigenvalue weighted by molar-refractivity contribution is 5.39. The fourth-order valence-electron chi connectivity index (χ4n) is 2.07. The van der Waals surface area contributed by atoms with Gasteiger partial charge in [0.1, 0.15) is 5.82 Å². The Bertz CT molecular complexity index is 318. The van der Waals surface area contributed by atoms with Gasteiger partial charge in [0.05, 0.1) is 0 Å². The Balaban J connectivity index is 1.97. The van der Waals surface area contributed by atoms with E-state index < -0.39 is 0 Å². The fraction of sp³-hybridized carbons (Fsp3) is 0.583. The van der Waals surface area contributed by atoms with E-state index in [1.807, 2.05) is 12.3 Å². The molecule has 0 unspecified atom stereocenters. The van der Waals surface area contributed by atoms with Crippen molar-refractivity contribution in [1.29, 1.82) is 0 Å². The van der Waals surface area contributed by atoms with Crippen molar-refractivity contribution in [2.24, 2.45) is 0 Å². The number of anilines is 1. The summed E-state index contributed by atoms with van der Waals surface area (Å²) in [4.78, 5) is 6.61. The minimum Gasteiger partial charge on any atom is -0.358 e. The van der Waals surface area contributed by atoms with Crippen molar-refractivity contribution < 1.29 is 0 Å². The van der Waals surface area contributed by atoms with Crippen molar-refractivity contribution in [3.05, 3.63) is 23.9 Å². The zero-order valence-corrected chi connectivity index (χ0v) is 9.53. The summed E-state index contributed by atoms with van der Waals surface area (Å²) in [7, 11) is 2.11. The van der Waals surface area contributed by atoms with Crippen molar-refractivity contribution in [3.8, 4) is 0 Å². The number of nitrogens with zero attached hydrogens (tertiary/aromatic N) is 2. The lowest BCUT2D eigenvalue weighted by Crippen LogP contribution is -2.35. The monoisotopic (exact) mass is 205 g/mol. The molecular weight excluding hydrogens is 186 g/mol. The first-order valence-corrected chi connectivity index (χ1v) is 5.63. The van der Waals surface area contributed by atoms with Gasteiger partial charge in [0, 0.05) is 25.8 Å². The molecule has 1 fully saturated rings. The molecule has 0 aromatic carbocycles. The zero-order chi connectivity index (χ0) is 10.7. The Morgan fingerprint density at radius 3 is 3.13 bits per heavy atom. The van der Waals surface area contributed by atoms with Gasteiger partial charge in [-0.2, -0.15) is 0 Å². The van der Waals surface area contributed by atoms with E-state index in [2.05, 4.69) is 35.2 Å². The molecule has 0 amide bonds. The predicted molar refractivity (Wildman–Crippen MR) is 63.3 cm³/mol. The van der Waals surface area contributed by atoms with Crippen LogP contribution in [0.15, 0.2) is 18.3 Å². The van der Waals surface area contributed by atoms with Crippen LogP contribution in [0.1, 0.15) is 18.4 Å². The SMILES string of the molecule is Cc1ccnc(N(C)C[C@@H]2CCCN2)c1. The van der Waals surface area contributed by atoms with Crippen molar-refractivity contribution in [3.63, 3.8) is 0 Å². The smallest absolute Gasteiger partial charge is 0.128 e. The largest absolute Gasteiger partial charge is 0.358 e. The highest BCUT2D eigenvalue weighted by Crippen LogP contribution is 2.13. The van der Waals surface area contributed by atoms with Gasteiger partial charge in [0.2, 0.25) is 0 Å². The van der Waals surface area contributed by atoms with Crippen molar-refractivity contribution in [1.82, 2.24) is 10.3 Å². The molecule has 0 aliphatic carbocycles. The Morgan fingerprint density at radius 1 is 1.60 bits per heavy atom. The first kappa shape index (κ1) is 10.4. The van der Waals surface area contributed by atoms with E-state index >= 15 is 0 Å². The molecule has 1 aliphatic rings. The van der Waals surface area contributed by atoms with Crippen LogP contribution in [0.5, 0.6) is 0 Å². The second-order valence-corrected chi connectivity index (χ2v) is 4.37. The summed E-state index contributed by atoms with van der Waals surface area (Å²) < 4.78 is 0. The normalized spacial score (nSPS) is 20.5. The van der Waals surface area contributed by atoms with Crippen LogP contribution < -0.4 is 10.2 Å². The van der Waals surface area contributed by atoms with Crippen LogP contribution in [0.2, 0.25) is 0 Å². The fourth-order valence-corrected chi connectivity index (χ4v) is 2.07. The van der Waals surface area contributed by atoms with Crippen LogP contribution in [-0.4, -0.2) is 31.2 Å². The van der Waals surface area contributed by atoms with Gasteiger partial charge in [0.25, 0.3) is 0 Å². The van der Waals surface area contributed by atoms with Gasteiger partial charge in [-0.25, -0.2) is 4.98 Å². The Kier molecular flexibility index (Phi) is 3.21. The van der Waals surface area contributed by atoms with E-state index in [0.717, 1.165) is 12.4 Å². The summed E-state index contributed by atoms with van der Waals surface area (Å²) in [6.07, 6.45) is 4.47. The summed E-state index contributed by atoms with van der Waals surface area (Å²) in [6, 6.07) is 4.80. The van der Waals surface area contributed by atoms with Gasteiger partial charge < -0.3 is 10.2 Å². The van der Waals surface area contributed by atoms with E-state index in [1.165, 1.54) is 24.9 Å². The van der Waals surface area contributed by atoms with Gasteiger partial charge in [0.15, 0.2) is 0 Å². The van der Waals surface area contributed by atoms with E-state index in [4.69, 9.17) is 0 Å². The summed E-state index contributed by atoms with van der Waals surface area (Å²) in [5, 5.41) is 3.50. The van der Waals surface area contributed by atoms with Gasteiger partial charge in [-0.05, 0) is 44.0 Å². The predicted octanol–water partition coefficient (Wildman–Crippen LogP) is 1.58. The summed E-state index contributed by atoms with van der Waals surface area (Å²) in [5.41, 5.74) is 1.27. The topological polar surface area (TPSA) is 28.2 Å². The van der Waals surface area contributed by atoms with Crippen molar-refractivity contribution >= 4 is 5.82 Å². The maximum Gasteiger partial charge on any atom is 0.128 e. The molecule has 0 spiro atoms. The number of nitrogens with one attached hydrogen (secondary N) is 1. The molecule has 15 heavy (non-hydrogen) atoms. The molecule has 3 heteroatoms. The molecule has 1 N–H and O–H groups in total. The van der Waals surface area contributed by atoms with Crippen LogP contribution in [0.4, 0.5) is 5.82 Å². The van der Waals surface area contributed by atoms with E-state index in [0.29, 0.717) is 6.04 Å². The quantitative estimate of drug-likeness (QED) is 0.812. The number of hydrogen-bond acceptors (Lipinski definition) is 3. The Labute approximate surface area is 91.5 Å². The lowest BCUT2D eigenvalue weighted by molar-refractivity contribution is 0.597. The van der Waals surface area contributed by atoms with Gasteiger partial charge >= 0.3 is 0 Å². The average molecular weight is 205 g/mol. The first-order chi connectivity index (χ1) is 7.25. The van der Waals surface area contributed by atoms with E-state index in [9.17, 15) is 0 Å². The zero-order valence-electron chi connectivity index (χ0n) is 9.53. The molecule has 82 valence electrons. The summed E-state index contributed by atoms with van der Waals surface area (Å²) >= 11 is 0. The van der Waals surface area contributed by atoms with Crippen molar-refractivity contribution in [2.75, 3.05) is 25.0 Å². The van der Waals surface area contributed by atoms with Crippen LogP contribution >= 0.6 is 0 Å². The molecule has 1 aromatic heterocycles. The number of aromatic nitrogens is 1. The number of rotatable bonds is 3. The van der Waals surface area contributed by atoms with E-state index in [1.54, 1.807) is 0 Å². The molecule has 3 nitrogen and oxygen atoms in total. The second-order valence-electron chi connectivity index (χ2n) is 4.37. The minimum atomic E-state index is 0.636. The maximum atomic E-state index is 4.38. The van der Waals surface area contributed by atoms with Gasteiger partial charge in [-0.3, -0.25) is 0 Å². The molecule has 1 atom stereocenters. The lowest BCUT2D eigenvalue weighted by atomic mass is 10.2. The van der Waals surface area contributed by atoms with Crippen molar-refractivity contribution in [2.45, 2.75) is 25.8 Å². The van der Waals surface area contributed by atoms with E-state index in [-0.39, 0.29) is 0 Å². The average Bonchev–Trinajstić information content (AvgIpc) is 2.70. The third-order valence-corrected chi connectivity index (χ3v) is 2.95. The van der Waals surface area contributed by atoms with Crippen LogP contribution in [-0.2, 0) is 0 Å². The number of aryl methyl sites for hydroxylation is 1. The highest BCUT2D eigenvalue weighted by Gasteiger charge is 2.16. The molecule has 1 aromatic rings. The molecule has 0 bridgehead atoms. The summed E-state index contributed by atoms with van der Waals surface area (Å²) in [6.45, 7) is 4.32. The molecule has 0 radical (unpaired) electrons. The minimum absolute atomic E-state index is 0.636. The van der Waals surface area contributed by atoms with Crippen LogP contribution in [0, 0.1) is 6.92 Å². The van der Waals surface area contributed by atoms with Gasteiger partial charge in [-0.1, -0.05) is 0 Å². The standard InChI is InChI=1S/C12H19N3/c1-10-5-7-14-12(8-10)15(2)9-11-4-3-6-13-11/h5,7-8,11,13H,3-4,6,9H2,1-2H3/t11-/m0/s1. The maximum absolute atomic E-state index is 4.38. The molecule has 2 heterocycles. The molecule has 1 saturated heterocycles. The number of pyridine rings is 1. The van der Waals surface area contributed by atoms with Gasteiger partial charge in [-0.15, -0.1) is 0 Å². The lowest BCUT2D eigenvalue weighted by Gasteiger charge is -2.22. The van der Waals surface area contributed by atoms with Crippen LogP contribution in [0.3, 0.4) is 0 Å². The molecular formula is C12H19N3. The molecule has 2 rings (SSSR count). The third-order valence-electron chi connectivity index (χ3n) is 2.95. The second kappa shape index (κ2) is 4.62. The first-order valence-electron chi connectivity index (χ1n) is 5.63. The number of hydrogen-bond donors (Lipinski definition) is 1. The number of likely N-dealkylation sites (N-methyl/N-ethyl adjacent to an activating group) is 1. The molecule has 1 aliphatic heterocycles. The third kappa shape index (κ3) is 2.69. The Morgan fingerprint density at radius 2 is 2.47 bits per heavy atom. The van der Waals surface area contributed by atoms with Crippen LogP contribution in [0.25, 0.3) is 0 Å².